The summed E-state index contributed by atoms with van der Waals surface area (Å²) in [6.45, 7) is 1.51. The number of methoxy groups -OCH3 is 2. The number of aromatic nitrogens is 3. The van der Waals surface area contributed by atoms with Gasteiger partial charge >= 0.3 is 0 Å². The van der Waals surface area contributed by atoms with E-state index in [2.05, 4.69) is 26.1 Å². The van der Waals surface area contributed by atoms with E-state index in [-0.39, 0.29) is 11.5 Å². The summed E-state index contributed by atoms with van der Waals surface area (Å²) in [5.41, 5.74) is 1.52. The predicted molar refractivity (Wildman–Crippen MR) is 119 cm³/mol. The lowest BCUT2D eigenvalue weighted by Crippen LogP contribution is -2.11. The van der Waals surface area contributed by atoms with Crippen LogP contribution in [0.1, 0.15) is 16.6 Å². The Morgan fingerprint density at radius 3 is 2.53 bits per heavy atom. The molecule has 0 saturated heterocycles. The SMILES string of the molecule is COc1cc([C@H](C[N+](=O)[O-])Sc2nnc(C)n2-c2ccc(Cl)cc2)cc(Br)c1OC. The zero-order valence-electron chi connectivity index (χ0n) is 16.3. The van der Waals surface area contributed by atoms with Crippen LogP contribution in [-0.4, -0.2) is 40.5 Å². The lowest BCUT2D eigenvalue weighted by Gasteiger charge is -2.17. The van der Waals surface area contributed by atoms with Crippen LogP contribution >= 0.6 is 39.3 Å². The molecule has 0 N–H and O–H groups in total. The molecule has 0 fully saturated rings. The van der Waals surface area contributed by atoms with Crippen molar-refractivity contribution < 1.29 is 14.4 Å². The van der Waals surface area contributed by atoms with Gasteiger partial charge in [-0.15, -0.1) is 10.2 Å². The monoisotopic (exact) mass is 512 g/mol. The van der Waals surface area contributed by atoms with E-state index in [1.54, 1.807) is 24.3 Å². The average molecular weight is 514 g/mol. The van der Waals surface area contributed by atoms with Crippen LogP contribution in [0.3, 0.4) is 0 Å². The van der Waals surface area contributed by atoms with Crippen molar-refractivity contribution >= 4 is 39.3 Å². The fourth-order valence-electron chi connectivity index (χ4n) is 2.90. The normalized spacial score (nSPS) is 11.9. The van der Waals surface area contributed by atoms with Gasteiger partial charge in [0, 0.05) is 15.6 Å². The maximum absolute atomic E-state index is 11.4. The van der Waals surface area contributed by atoms with Crippen molar-refractivity contribution in [1.29, 1.82) is 0 Å². The Hall–Kier alpha value is -2.30. The van der Waals surface area contributed by atoms with E-state index in [1.807, 2.05) is 23.6 Å². The third kappa shape index (κ3) is 4.88. The van der Waals surface area contributed by atoms with Gasteiger partial charge in [0.05, 0.1) is 18.7 Å². The van der Waals surface area contributed by atoms with Crippen LogP contribution in [0.25, 0.3) is 5.69 Å². The molecule has 1 aromatic heterocycles. The summed E-state index contributed by atoms with van der Waals surface area (Å²) in [7, 11) is 3.05. The first-order valence-corrected chi connectivity index (χ1v) is 10.8. The molecule has 158 valence electrons. The second kappa shape index (κ2) is 9.67. The summed E-state index contributed by atoms with van der Waals surface area (Å²) in [5.74, 6) is 1.66. The van der Waals surface area contributed by atoms with E-state index in [4.69, 9.17) is 21.1 Å². The summed E-state index contributed by atoms with van der Waals surface area (Å²) in [6, 6.07) is 10.8. The van der Waals surface area contributed by atoms with Gasteiger partial charge in [-0.1, -0.05) is 23.4 Å². The minimum absolute atomic E-state index is 0.306. The molecule has 0 aliphatic carbocycles. The molecular weight excluding hydrogens is 496 g/mol. The molecular formula is C19H18BrClN4O4S. The number of benzene rings is 2. The highest BCUT2D eigenvalue weighted by molar-refractivity contribution is 9.10. The Balaban J connectivity index is 2.03. The fourth-order valence-corrected chi connectivity index (χ4v) is 4.81. The largest absolute Gasteiger partial charge is 0.493 e. The first-order chi connectivity index (χ1) is 14.3. The minimum Gasteiger partial charge on any atom is -0.493 e. The maximum Gasteiger partial charge on any atom is 0.220 e. The van der Waals surface area contributed by atoms with Gasteiger partial charge in [0.2, 0.25) is 6.54 Å². The zero-order valence-corrected chi connectivity index (χ0v) is 19.5. The van der Waals surface area contributed by atoms with Gasteiger partial charge in [0.1, 0.15) is 11.1 Å². The standard InChI is InChI=1S/C19H18BrClN4O4S/c1-11-22-23-19(25(11)14-6-4-13(21)5-7-14)30-17(10-24(26)27)12-8-15(20)18(29-3)16(9-12)28-2/h4-9,17H,10H2,1-3H3/t17-/m0/s1. The molecule has 2 aromatic carbocycles. The number of hydrogen-bond acceptors (Lipinski definition) is 7. The minimum atomic E-state index is -0.536. The Bertz CT molecular complexity index is 1060. The van der Waals surface area contributed by atoms with Crippen molar-refractivity contribution in [2.75, 3.05) is 20.8 Å². The zero-order chi connectivity index (χ0) is 21.8. The highest BCUT2D eigenvalue weighted by Crippen LogP contribution is 2.43. The van der Waals surface area contributed by atoms with E-state index in [1.165, 1.54) is 26.0 Å². The second-order valence-electron chi connectivity index (χ2n) is 6.20. The molecule has 3 aromatic rings. The topological polar surface area (TPSA) is 92.3 Å². The van der Waals surface area contributed by atoms with Gasteiger partial charge in [0.25, 0.3) is 0 Å². The number of nitrogens with zero attached hydrogens (tertiary/aromatic N) is 4. The van der Waals surface area contributed by atoms with E-state index >= 15 is 0 Å². The first kappa shape index (κ1) is 22.4. The summed E-state index contributed by atoms with van der Waals surface area (Å²) in [4.78, 5) is 11.1. The van der Waals surface area contributed by atoms with Gasteiger partial charge in [-0.3, -0.25) is 14.7 Å². The average Bonchev–Trinajstić information content (AvgIpc) is 3.07. The molecule has 3 rings (SSSR count). The number of ether oxygens (including phenoxy) is 2. The summed E-state index contributed by atoms with van der Waals surface area (Å²) in [5, 5.41) is 20.4. The van der Waals surface area contributed by atoms with E-state index in [0.29, 0.717) is 37.5 Å². The molecule has 0 unspecified atom stereocenters. The van der Waals surface area contributed by atoms with Gasteiger partial charge < -0.3 is 9.47 Å². The van der Waals surface area contributed by atoms with Gasteiger partial charge in [-0.2, -0.15) is 0 Å². The molecule has 8 nitrogen and oxygen atoms in total. The highest BCUT2D eigenvalue weighted by Gasteiger charge is 2.26. The van der Waals surface area contributed by atoms with Crippen molar-refractivity contribution in [2.45, 2.75) is 17.3 Å². The smallest absolute Gasteiger partial charge is 0.220 e. The molecule has 0 spiro atoms. The van der Waals surface area contributed by atoms with Gasteiger partial charge in [-0.25, -0.2) is 0 Å². The van der Waals surface area contributed by atoms with Crippen molar-refractivity contribution in [3.8, 4) is 17.2 Å². The number of thioether (sulfide) groups is 1. The molecule has 0 bridgehead atoms. The molecule has 0 aliphatic heterocycles. The summed E-state index contributed by atoms with van der Waals surface area (Å²) < 4.78 is 13.2. The van der Waals surface area contributed by atoms with Crippen LogP contribution < -0.4 is 9.47 Å². The van der Waals surface area contributed by atoms with Crippen LogP contribution in [0.15, 0.2) is 46.0 Å². The van der Waals surface area contributed by atoms with Crippen LogP contribution in [0.5, 0.6) is 11.5 Å². The van der Waals surface area contributed by atoms with Gasteiger partial charge in [-0.05, 0) is 64.8 Å². The third-order valence-electron chi connectivity index (χ3n) is 4.27. The lowest BCUT2D eigenvalue weighted by atomic mass is 10.1. The van der Waals surface area contributed by atoms with Crippen molar-refractivity contribution in [2.24, 2.45) is 0 Å². The predicted octanol–water partition coefficient (Wildman–Crippen LogP) is 5.12. The lowest BCUT2D eigenvalue weighted by molar-refractivity contribution is -0.479. The van der Waals surface area contributed by atoms with Crippen LogP contribution in [-0.2, 0) is 0 Å². The van der Waals surface area contributed by atoms with E-state index in [9.17, 15) is 10.1 Å². The molecule has 0 saturated carbocycles. The summed E-state index contributed by atoms with van der Waals surface area (Å²) in [6.07, 6.45) is 0. The van der Waals surface area contributed by atoms with Crippen LogP contribution in [0.4, 0.5) is 0 Å². The molecule has 0 aliphatic rings. The number of halogens is 2. The van der Waals surface area contributed by atoms with Crippen molar-refractivity contribution in [1.82, 2.24) is 14.8 Å². The Kier molecular flexibility index (Phi) is 7.22. The number of rotatable bonds is 8. The highest BCUT2D eigenvalue weighted by atomic mass is 79.9. The summed E-state index contributed by atoms with van der Waals surface area (Å²) >= 11 is 10.7. The quantitative estimate of drug-likeness (QED) is 0.234. The molecule has 11 heteroatoms. The van der Waals surface area contributed by atoms with E-state index < -0.39 is 5.25 Å². The molecule has 30 heavy (non-hydrogen) atoms. The Morgan fingerprint density at radius 1 is 1.23 bits per heavy atom. The van der Waals surface area contributed by atoms with Crippen LogP contribution in [0, 0.1) is 17.0 Å². The first-order valence-electron chi connectivity index (χ1n) is 8.71. The molecule has 1 atom stereocenters. The number of nitro groups is 1. The molecule has 0 amide bonds. The molecule has 1 heterocycles. The van der Waals surface area contributed by atoms with Gasteiger partial charge in [0.15, 0.2) is 16.7 Å². The third-order valence-corrected chi connectivity index (χ3v) is 6.29. The Labute approximate surface area is 190 Å². The molecule has 0 radical (unpaired) electrons. The fraction of sp³-hybridized carbons (Fsp3) is 0.263. The van der Waals surface area contributed by atoms with Crippen molar-refractivity contribution in [3.05, 3.63) is 67.4 Å². The number of aryl methyl sites for hydroxylation is 1. The second-order valence-corrected chi connectivity index (χ2v) is 8.66. The van der Waals surface area contributed by atoms with E-state index in [0.717, 1.165) is 5.69 Å². The number of hydrogen-bond donors (Lipinski definition) is 0. The van der Waals surface area contributed by atoms with Crippen LogP contribution in [0.2, 0.25) is 5.02 Å². The van der Waals surface area contributed by atoms with Crippen molar-refractivity contribution in [3.63, 3.8) is 0 Å². The Morgan fingerprint density at radius 2 is 1.93 bits per heavy atom. The maximum atomic E-state index is 11.4.